The largest absolute Gasteiger partial charge is 0.481 e. The monoisotopic (exact) mass is 462 g/mol. The molecule has 27 heavy (non-hydrogen) atoms. The second-order valence-electron chi connectivity index (χ2n) is 5.22. The van der Waals surface area contributed by atoms with Crippen molar-refractivity contribution in [1.29, 1.82) is 0 Å². The van der Waals surface area contributed by atoms with Crippen LogP contribution in [0, 0.1) is 0 Å². The molecule has 12 heteroatoms. The van der Waals surface area contributed by atoms with Crippen LogP contribution in [0.3, 0.4) is 0 Å². The quantitative estimate of drug-likeness (QED) is 0.558. The number of sulfonamides is 1. The maximum atomic E-state index is 12.7. The first-order valence-electron chi connectivity index (χ1n) is 7.41. The van der Waals surface area contributed by atoms with Crippen LogP contribution in [0.4, 0.5) is 14.7 Å². The highest BCUT2D eigenvalue weighted by Crippen LogP contribution is 2.28. The maximum Gasteiger partial charge on any atom is 0.272 e. The van der Waals surface area contributed by atoms with Crippen LogP contribution in [0.1, 0.15) is 0 Å². The number of nitrogens with one attached hydrogen (secondary N) is 2. The van der Waals surface area contributed by atoms with Crippen LogP contribution in [0.15, 0.2) is 40.0 Å². The van der Waals surface area contributed by atoms with Crippen LogP contribution < -0.4 is 14.2 Å². The predicted molar refractivity (Wildman–Crippen MR) is 96.9 cm³/mol. The Kier molecular flexibility index (Phi) is 5.46. The Balaban J connectivity index is 1.88. The minimum absolute atomic E-state index is 0.00518. The molecule has 0 aliphatic rings. The first-order chi connectivity index (χ1) is 12.8. The van der Waals surface area contributed by atoms with Crippen molar-refractivity contribution in [2.75, 3.05) is 18.4 Å². The summed E-state index contributed by atoms with van der Waals surface area (Å²) in [6.07, 6.45) is -0.287. The molecule has 0 saturated heterocycles. The van der Waals surface area contributed by atoms with E-state index in [9.17, 15) is 17.2 Å². The molecule has 8 nitrogen and oxygen atoms in total. The maximum absolute atomic E-state index is 12.7. The summed E-state index contributed by atoms with van der Waals surface area (Å²) in [5.41, 5.74) is 0.624. The molecule has 1 aromatic carbocycles. The number of rotatable bonds is 7. The van der Waals surface area contributed by atoms with Gasteiger partial charge in [-0.25, -0.2) is 26.9 Å². The first-order valence-corrected chi connectivity index (χ1v) is 9.69. The summed E-state index contributed by atoms with van der Waals surface area (Å²) >= 11 is 3.31. The topological polar surface area (TPSA) is 106 Å². The number of nitrogens with zero attached hydrogens (tertiary/aromatic N) is 2. The van der Waals surface area contributed by atoms with Gasteiger partial charge in [-0.1, -0.05) is 22.0 Å². The lowest BCUT2D eigenvalue weighted by Gasteiger charge is -2.11. The molecular formula is C15H13BrF2N4O4S. The van der Waals surface area contributed by atoms with E-state index in [1.807, 2.05) is 0 Å². The number of halogens is 3. The van der Waals surface area contributed by atoms with Crippen molar-refractivity contribution in [2.24, 2.45) is 0 Å². The Morgan fingerprint density at radius 2 is 2.15 bits per heavy atom. The number of anilines is 1. The van der Waals surface area contributed by atoms with Crippen molar-refractivity contribution in [3.8, 4) is 11.6 Å². The summed E-state index contributed by atoms with van der Waals surface area (Å²) in [5.74, 6) is -0.591. The normalized spacial score (nSPS) is 11.7. The number of methoxy groups -OCH3 is 1. The SMILES string of the molecule is COc1nc(NS(=O)(=O)c2c[nH]c3cc(Br)ccc23)ncc1OCC(F)F. The second kappa shape index (κ2) is 7.64. The van der Waals surface area contributed by atoms with Crippen LogP contribution in [0.2, 0.25) is 0 Å². The average Bonchev–Trinajstić information content (AvgIpc) is 3.04. The molecule has 0 aliphatic heterocycles. The predicted octanol–water partition coefficient (Wildman–Crippen LogP) is 3.17. The van der Waals surface area contributed by atoms with Gasteiger partial charge in [0.05, 0.1) is 13.3 Å². The van der Waals surface area contributed by atoms with E-state index in [0.29, 0.717) is 10.9 Å². The molecule has 3 rings (SSSR count). The molecule has 0 unspecified atom stereocenters. The van der Waals surface area contributed by atoms with Gasteiger partial charge in [-0.05, 0) is 12.1 Å². The van der Waals surface area contributed by atoms with Crippen molar-refractivity contribution < 1.29 is 26.7 Å². The van der Waals surface area contributed by atoms with Crippen LogP contribution >= 0.6 is 15.9 Å². The molecule has 0 spiro atoms. The van der Waals surface area contributed by atoms with Crippen LogP contribution in [0.25, 0.3) is 10.9 Å². The van der Waals surface area contributed by atoms with Gasteiger partial charge in [0.1, 0.15) is 11.5 Å². The van der Waals surface area contributed by atoms with E-state index in [2.05, 4.69) is 35.6 Å². The van der Waals surface area contributed by atoms with Gasteiger partial charge < -0.3 is 14.5 Å². The minimum Gasteiger partial charge on any atom is -0.481 e. The zero-order valence-electron chi connectivity index (χ0n) is 13.7. The zero-order valence-corrected chi connectivity index (χ0v) is 16.1. The molecule has 0 radical (unpaired) electrons. The summed E-state index contributed by atoms with van der Waals surface area (Å²) in [6.45, 7) is -0.865. The van der Waals surface area contributed by atoms with Crippen LogP contribution in [-0.4, -0.2) is 43.5 Å². The van der Waals surface area contributed by atoms with Gasteiger partial charge in [-0.2, -0.15) is 4.98 Å². The Labute approximate surface area is 161 Å². The van der Waals surface area contributed by atoms with Crippen molar-refractivity contribution in [3.05, 3.63) is 35.1 Å². The number of alkyl halides is 2. The minimum atomic E-state index is -4.01. The third-order valence-electron chi connectivity index (χ3n) is 3.40. The van der Waals surface area contributed by atoms with E-state index in [1.54, 1.807) is 18.2 Å². The molecule has 2 heterocycles. The van der Waals surface area contributed by atoms with E-state index in [-0.39, 0.29) is 22.5 Å². The first kappa shape index (κ1) is 19.3. The fourth-order valence-electron chi connectivity index (χ4n) is 2.27. The Morgan fingerprint density at radius 3 is 2.85 bits per heavy atom. The molecule has 0 atom stereocenters. The second-order valence-corrected chi connectivity index (χ2v) is 7.78. The van der Waals surface area contributed by atoms with Gasteiger partial charge in [0.25, 0.3) is 22.3 Å². The Morgan fingerprint density at radius 1 is 1.37 bits per heavy atom. The van der Waals surface area contributed by atoms with Gasteiger partial charge in [0.15, 0.2) is 5.75 Å². The zero-order chi connectivity index (χ0) is 19.6. The highest BCUT2D eigenvalue weighted by atomic mass is 79.9. The number of aromatic nitrogens is 3. The molecular weight excluding hydrogens is 450 g/mol. The summed E-state index contributed by atoms with van der Waals surface area (Å²) < 4.78 is 62.7. The molecule has 2 aromatic heterocycles. The van der Waals surface area contributed by atoms with Crippen molar-refractivity contribution in [3.63, 3.8) is 0 Å². The van der Waals surface area contributed by atoms with Gasteiger partial charge in [-0.15, -0.1) is 0 Å². The van der Waals surface area contributed by atoms with Crippen LogP contribution in [-0.2, 0) is 10.0 Å². The molecule has 2 N–H and O–H groups in total. The van der Waals surface area contributed by atoms with Gasteiger partial charge in [0, 0.05) is 21.6 Å². The van der Waals surface area contributed by atoms with Crippen molar-refractivity contribution in [1.82, 2.24) is 15.0 Å². The third-order valence-corrected chi connectivity index (χ3v) is 5.26. The third kappa shape index (κ3) is 4.27. The molecule has 144 valence electrons. The van der Waals surface area contributed by atoms with E-state index in [4.69, 9.17) is 9.47 Å². The molecule has 0 fully saturated rings. The number of H-pyrrole nitrogens is 1. The van der Waals surface area contributed by atoms with Gasteiger partial charge >= 0.3 is 0 Å². The van der Waals surface area contributed by atoms with E-state index in [0.717, 1.165) is 10.7 Å². The van der Waals surface area contributed by atoms with E-state index < -0.39 is 23.1 Å². The standard InChI is InChI=1S/C15H13BrF2N4O4S/c1-25-14-11(26-7-13(17)18)5-20-15(21-14)22-27(23,24)12-6-19-10-4-8(16)2-3-9(10)12/h2-6,13,19H,7H2,1H3,(H,20,21,22). The Hall–Kier alpha value is -2.47. The smallest absolute Gasteiger partial charge is 0.272 e. The Bertz CT molecular complexity index is 1070. The molecule has 3 aromatic rings. The number of aromatic amines is 1. The highest BCUT2D eigenvalue weighted by Gasteiger charge is 2.21. The van der Waals surface area contributed by atoms with Gasteiger partial charge in [-0.3, -0.25) is 0 Å². The summed E-state index contributed by atoms with van der Waals surface area (Å²) in [4.78, 5) is 10.5. The molecule has 0 amide bonds. The highest BCUT2D eigenvalue weighted by molar-refractivity contribution is 9.10. The summed E-state index contributed by atoms with van der Waals surface area (Å²) in [6, 6.07) is 5.10. The molecule has 0 saturated carbocycles. The van der Waals surface area contributed by atoms with Crippen LogP contribution in [0.5, 0.6) is 11.6 Å². The van der Waals surface area contributed by atoms with Crippen molar-refractivity contribution >= 4 is 42.8 Å². The number of hydrogen-bond acceptors (Lipinski definition) is 6. The fraction of sp³-hybridized carbons (Fsp3) is 0.200. The lowest BCUT2D eigenvalue weighted by Crippen LogP contribution is -2.15. The number of benzene rings is 1. The molecule has 0 bridgehead atoms. The van der Waals surface area contributed by atoms with Gasteiger partial charge in [0.2, 0.25) is 5.95 Å². The number of ether oxygens (including phenoxy) is 2. The fourth-order valence-corrected chi connectivity index (χ4v) is 3.76. The summed E-state index contributed by atoms with van der Waals surface area (Å²) in [7, 11) is -2.77. The van der Waals surface area contributed by atoms with E-state index >= 15 is 0 Å². The number of hydrogen-bond donors (Lipinski definition) is 2. The molecule has 0 aliphatic carbocycles. The average molecular weight is 463 g/mol. The summed E-state index contributed by atoms with van der Waals surface area (Å²) in [5, 5.41) is 0.481. The lowest BCUT2D eigenvalue weighted by atomic mass is 10.2. The lowest BCUT2D eigenvalue weighted by molar-refractivity contribution is 0.0799. The van der Waals surface area contributed by atoms with Crippen molar-refractivity contribution in [2.45, 2.75) is 11.3 Å². The van der Waals surface area contributed by atoms with E-state index in [1.165, 1.54) is 13.3 Å². The number of fused-ring (bicyclic) bond motifs is 1.